The highest BCUT2D eigenvalue weighted by molar-refractivity contribution is 5.70. The van der Waals surface area contributed by atoms with Gasteiger partial charge >= 0.3 is 11.9 Å². The van der Waals surface area contributed by atoms with Gasteiger partial charge in [0.1, 0.15) is 13.2 Å². The molecule has 0 aromatic rings. The maximum absolute atomic E-state index is 10.9. The fraction of sp³-hybridized carbons (Fsp3) is 0.833. The van der Waals surface area contributed by atoms with Crippen LogP contribution < -0.4 is 0 Å². The Morgan fingerprint density at radius 1 is 0.684 bits per heavy atom. The van der Waals surface area contributed by atoms with Crippen molar-refractivity contribution in [3.05, 3.63) is 0 Å². The lowest BCUT2D eigenvalue weighted by Crippen LogP contribution is -2.17. The first-order valence-corrected chi connectivity index (χ1v) is 6.25. The Labute approximate surface area is 113 Å². The van der Waals surface area contributed by atoms with E-state index in [-0.39, 0.29) is 25.2 Å². The number of carbonyl (C=O) groups excluding carboxylic acids is 2. The molecule has 0 bridgehead atoms. The van der Waals surface area contributed by atoms with Crippen LogP contribution in [0.25, 0.3) is 0 Å². The lowest BCUT2D eigenvalue weighted by atomic mass is 10.6. The highest BCUT2D eigenvalue weighted by atomic mass is 16.6. The van der Waals surface area contributed by atoms with Gasteiger partial charge in [0, 0.05) is 0 Å². The quantitative estimate of drug-likeness (QED) is 0.371. The second-order valence-corrected chi connectivity index (χ2v) is 3.33. The summed E-state index contributed by atoms with van der Waals surface area (Å²) >= 11 is 0. The van der Waals surface area contributed by atoms with Crippen LogP contribution in [0.5, 0.6) is 0 Å². The maximum atomic E-state index is 10.9. The smallest absolute Gasteiger partial charge is 0.332 e. The van der Waals surface area contributed by atoms with Gasteiger partial charge in [-0.25, -0.2) is 9.59 Å². The van der Waals surface area contributed by atoms with E-state index < -0.39 is 0 Å². The van der Waals surface area contributed by atoms with Crippen LogP contribution in [0, 0.1) is 0 Å². The van der Waals surface area contributed by atoms with Gasteiger partial charge in [0.15, 0.2) is 0 Å². The molecule has 0 saturated carbocycles. The highest BCUT2D eigenvalue weighted by Gasteiger charge is 2.02. The molecule has 0 unspecified atom stereocenters. The Balaban J connectivity index is 3.15. The Morgan fingerprint density at radius 3 is 1.42 bits per heavy atom. The minimum atomic E-state index is -0.389. The van der Waals surface area contributed by atoms with E-state index in [1.54, 1.807) is 13.8 Å². The highest BCUT2D eigenvalue weighted by Crippen LogP contribution is 1.85. The number of esters is 2. The molecule has 0 aliphatic carbocycles. The van der Waals surface area contributed by atoms with Crippen molar-refractivity contribution < 1.29 is 33.3 Å². The molecule has 0 rings (SSSR count). The second kappa shape index (κ2) is 13.3. The van der Waals surface area contributed by atoms with Gasteiger partial charge in [-0.15, -0.1) is 0 Å². The fourth-order valence-corrected chi connectivity index (χ4v) is 1.05. The summed E-state index contributed by atoms with van der Waals surface area (Å²) < 4.78 is 24.5. The summed E-state index contributed by atoms with van der Waals surface area (Å²) in [4.78, 5) is 21.8. The van der Waals surface area contributed by atoms with E-state index in [1.807, 2.05) is 0 Å². The molecule has 0 saturated heterocycles. The third kappa shape index (κ3) is 13.1. The molecular formula is C12H22O7. The van der Waals surface area contributed by atoms with Crippen molar-refractivity contribution in [3.8, 4) is 0 Å². The van der Waals surface area contributed by atoms with E-state index in [0.717, 1.165) is 0 Å². The number of ether oxygens (including phenoxy) is 5. The molecule has 0 heterocycles. The van der Waals surface area contributed by atoms with Crippen LogP contribution in [-0.2, 0) is 33.3 Å². The molecule has 0 N–H and O–H groups in total. The van der Waals surface area contributed by atoms with Crippen molar-refractivity contribution in [3.63, 3.8) is 0 Å². The number of hydrogen-bond acceptors (Lipinski definition) is 7. The third-order valence-electron chi connectivity index (χ3n) is 1.79. The molecule has 0 fully saturated rings. The summed E-state index contributed by atoms with van der Waals surface area (Å²) in [5.41, 5.74) is 0. The lowest BCUT2D eigenvalue weighted by Gasteiger charge is -2.06. The third-order valence-corrected chi connectivity index (χ3v) is 1.79. The van der Waals surface area contributed by atoms with Crippen LogP contribution in [0.1, 0.15) is 13.8 Å². The Hall–Kier alpha value is -1.18. The van der Waals surface area contributed by atoms with Crippen molar-refractivity contribution in [1.82, 2.24) is 0 Å². The molecule has 0 atom stereocenters. The van der Waals surface area contributed by atoms with E-state index in [4.69, 9.17) is 14.2 Å². The Kier molecular flexibility index (Phi) is 12.4. The molecule has 0 spiro atoms. The van der Waals surface area contributed by atoms with Crippen molar-refractivity contribution in [1.29, 1.82) is 0 Å². The molecule has 0 radical (unpaired) electrons. The molecule has 7 heteroatoms. The minimum absolute atomic E-state index is 0.0729. The normalized spacial score (nSPS) is 10.2. The minimum Gasteiger partial charge on any atom is -0.464 e. The summed E-state index contributed by atoms with van der Waals surface area (Å²) in [6.07, 6.45) is 0. The van der Waals surface area contributed by atoms with Gasteiger partial charge in [-0.3, -0.25) is 0 Å². The lowest BCUT2D eigenvalue weighted by molar-refractivity contribution is -0.148. The van der Waals surface area contributed by atoms with Crippen molar-refractivity contribution in [2.45, 2.75) is 13.8 Å². The molecule has 0 amide bonds. The van der Waals surface area contributed by atoms with Gasteiger partial charge in [-0.05, 0) is 13.8 Å². The zero-order chi connectivity index (χ0) is 14.3. The molecule has 0 aliphatic rings. The van der Waals surface area contributed by atoms with E-state index in [9.17, 15) is 9.59 Å². The van der Waals surface area contributed by atoms with Gasteiger partial charge < -0.3 is 23.7 Å². The topological polar surface area (TPSA) is 80.3 Å². The number of carbonyl (C=O) groups is 2. The molecular weight excluding hydrogens is 256 g/mol. The Bertz CT molecular complexity index is 218. The van der Waals surface area contributed by atoms with Gasteiger partial charge in [-0.1, -0.05) is 0 Å². The average molecular weight is 278 g/mol. The molecule has 0 aromatic heterocycles. The van der Waals surface area contributed by atoms with Crippen LogP contribution in [0.4, 0.5) is 0 Å². The second-order valence-electron chi connectivity index (χ2n) is 3.33. The Morgan fingerprint density at radius 2 is 1.05 bits per heavy atom. The van der Waals surface area contributed by atoms with Gasteiger partial charge in [0.05, 0.1) is 39.6 Å². The molecule has 112 valence electrons. The monoisotopic (exact) mass is 278 g/mol. The van der Waals surface area contributed by atoms with Crippen molar-refractivity contribution in [2.75, 3.05) is 52.9 Å². The zero-order valence-electron chi connectivity index (χ0n) is 11.5. The summed E-state index contributed by atoms with van der Waals surface area (Å²) in [6.45, 7) is 5.31. The van der Waals surface area contributed by atoms with Crippen molar-refractivity contribution in [2.24, 2.45) is 0 Å². The maximum Gasteiger partial charge on any atom is 0.332 e. The fourth-order valence-electron chi connectivity index (χ4n) is 1.05. The largest absolute Gasteiger partial charge is 0.464 e. The summed E-state index contributed by atoms with van der Waals surface area (Å²) in [5.74, 6) is -0.777. The van der Waals surface area contributed by atoms with Crippen LogP contribution in [0.15, 0.2) is 0 Å². The van der Waals surface area contributed by atoms with E-state index in [1.165, 1.54) is 0 Å². The van der Waals surface area contributed by atoms with Crippen molar-refractivity contribution >= 4 is 11.9 Å². The average Bonchev–Trinajstić information content (AvgIpc) is 2.37. The first kappa shape index (κ1) is 17.8. The van der Waals surface area contributed by atoms with Crippen LogP contribution in [0.3, 0.4) is 0 Å². The van der Waals surface area contributed by atoms with Gasteiger partial charge in [-0.2, -0.15) is 0 Å². The summed E-state index contributed by atoms with van der Waals surface area (Å²) in [7, 11) is 0. The van der Waals surface area contributed by atoms with E-state index in [2.05, 4.69) is 9.47 Å². The van der Waals surface area contributed by atoms with Crippen LogP contribution in [0.2, 0.25) is 0 Å². The van der Waals surface area contributed by atoms with Crippen LogP contribution in [-0.4, -0.2) is 64.8 Å². The van der Waals surface area contributed by atoms with Crippen LogP contribution >= 0.6 is 0 Å². The number of hydrogen-bond donors (Lipinski definition) is 0. The first-order chi connectivity index (χ1) is 9.20. The van der Waals surface area contributed by atoms with Gasteiger partial charge in [0.25, 0.3) is 0 Å². The predicted molar refractivity (Wildman–Crippen MR) is 65.7 cm³/mol. The molecule has 0 aromatic carbocycles. The molecule has 19 heavy (non-hydrogen) atoms. The number of rotatable bonds is 12. The summed E-state index contributed by atoms with van der Waals surface area (Å²) in [6, 6.07) is 0. The first-order valence-electron chi connectivity index (χ1n) is 6.25. The SMILES string of the molecule is CCOC(=O)COCCOCCOCC(=O)OCC. The van der Waals surface area contributed by atoms with E-state index >= 15 is 0 Å². The standard InChI is InChI=1S/C12H22O7/c1-3-18-11(13)9-16-7-5-15-6-8-17-10-12(14)19-4-2/h3-10H2,1-2H3. The molecule has 0 aliphatic heterocycles. The zero-order valence-corrected chi connectivity index (χ0v) is 11.5. The van der Waals surface area contributed by atoms with Gasteiger partial charge in [0.2, 0.25) is 0 Å². The summed E-state index contributed by atoms with van der Waals surface area (Å²) in [5, 5.41) is 0. The molecule has 7 nitrogen and oxygen atoms in total. The predicted octanol–water partition coefficient (Wildman–Crippen LogP) is 0.162. The van der Waals surface area contributed by atoms with E-state index in [0.29, 0.717) is 39.6 Å².